The molecule has 0 fully saturated rings. The molecular weight excluding hydrogens is 506 g/mol. The van der Waals surface area contributed by atoms with Crippen molar-refractivity contribution in [2.24, 2.45) is 0 Å². The summed E-state index contributed by atoms with van der Waals surface area (Å²) in [5.74, 6) is -0.583. The molecule has 0 aromatic heterocycles. The van der Waals surface area contributed by atoms with Crippen molar-refractivity contribution < 1.29 is 27.5 Å². The highest BCUT2D eigenvalue weighted by molar-refractivity contribution is 8.13. The molecule has 1 heterocycles. The number of imide groups is 1. The molecule has 0 saturated heterocycles. The first-order valence-corrected chi connectivity index (χ1v) is 13.7. The van der Waals surface area contributed by atoms with E-state index in [1.165, 1.54) is 29.2 Å². The van der Waals surface area contributed by atoms with Gasteiger partial charge in [0.05, 0.1) is 4.90 Å². The van der Waals surface area contributed by atoms with E-state index in [-0.39, 0.29) is 29.9 Å². The van der Waals surface area contributed by atoms with Crippen molar-refractivity contribution in [3.05, 3.63) is 65.7 Å². The van der Waals surface area contributed by atoms with Crippen LogP contribution in [0.1, 0.15) is 40.5 Å². The summed E-state index contributed by atoms with van der Waals surface area (Å²) < 4.78 is 27.8. The Bertz CT molecular complexity index is 1420. The number of unbranched alkanes of at least 4 members (excludes halogenated alkanes) is 1. The average Bonchev–Trinajstić information content (AvgIpc) is 2.85. The zero-order chi connectivity index (χ0) is 25.9. The van der Waals surface area contributed by atoms with Crippen molar-refractivity contribution in [1.29, 1.82) is 0 Å². The zero-order valence-electron chi connectivity index (χ0n) is 19.4. The number of carbonyl (C=O) groups is 3. The topological polar surface area (TPSA) is 122 Å². The van der Waals surface area contributed by atoms with Crippen LogP contribution in [0.3, 0.4) is 0 Å². The van der Waals surface area contributed by atoms with Gasteiger partial charge in [-0.05, 0) is 48.9 Å². The second-order valence-electron chi connectivity index (χ2n) is 8.15. The molecule has 36 heavy (non-hydrogen) atoms. The first-order chi connectivity index (χ1) is 17.2. The fourth-order valence-corrected chi connectivity index (χ4v) is 4.77. The van der Waals surface area contributed by atoms with Crippen molar-refractivity contribution >= 4 is 59.8 Å². The van der Waals surface area contributed by atoms with Crippen molar-refractivity contribution in [3.63, 3.8) is 0 Å². The van der Waals surface area contributed by atoms with Gasteiger partial charge in [-0.1, -0.05) is 25.5 Å². The summed E-state index contributed by atoms with van der Waals surface area (Å²) in [5.41, 5.74) is 2.04. The monoisotopic (exact) mass is 529 g/mol. The van der Waals surface area contributed by atoms with Gasteiger partial charge in [0.25, 0.3) is 20.9 Å². The molecule has 4 rings (SSSR count). The molecule has 3 aromatic rings. The third-order valence-corrected chi connectivity index (χ3v) is 7.13. The van der Waals surface area contributed by atoms with E-state index in [1.807, 2.05) is 13.0 Å². The molecule has 0 saturated carbocycles. The minimum atomic E-state index is -3.84. The molecular formula is C25H24ClN3O6S. The lowest BCUT2D eigenvalue weighted by atomic mass is 9.93. The van der Waals surface area contributed by atoms with Crippen LogP contribution >= 0.6 is 10.7 Å². The van der Waals surface area contributed by atoms with Crippen LogP contribution in [0, 0.1) is 0 Å². The molecule has 188 valence electrons. The lowest BCUT2D eigenvalue weighted by Crippen LogP contribution is -2.40. The van der Waals surface area contributed by atoms with E-state index in [0.717, 1.165) is 18.2 Å². The summed E-state index contributed by atoms with van der Waals surface area (Å²) in [4.78, 5) is 39.2. The normalized spacial score (nSPS) is 13.1. The van der Waals surface area contributed by atoms with E-state index in [1.54, 1.807) is 24.3 Å². The minimum Gasteiger partial charge on any atom is -0.447 e. The summed E-state index contributed by atoms with van der Waals surface area (Å²) in [6.45, 7) is 2.71. The van der Waals surface area contributed by atoms with E-state index in [2.05, 4.69) is 10.6 Å². The number of ether oxygens (including phenoxy) is 1. The first kappa shape index (κ1) is 25.5. The fourth-order valence-electron chi connectivity index (χ4n) is 4.00. The van der Waals surface area contributed by atoms with Gasteiger partial charge in [-0.25, -0.2) is 13.2 Å². The van der Waals surface area contributed by atoms with Gasteiger partial charge in [0.1, 0.15) is 6.61 Å². The van der Waals surface area contributed by atoms with Gasteiger partial charge in [-0.3, -0.25) is 19.8 Å². The molecule has 9 nitrogen and oxygen atoms in total. The van der Waals surface area contributed by atoms with Crippen LogP contribution in [0.5, 0.6) is 0 Å². The standard InChI is InChI=1S/C25H24ClN3O6S/c1-2-3-14-29-23(30)19-6-4-5-18-21(12-11-20(22(18)19)24(29)31)27-13-15-35-25(32)28-16-7-9-17(10-8-16)36(26,33)34/h4-12,27H,2-3,13-15H2,1H3,(H,28,32). The van der Waals surface area contributed by atoms with Gasteiger partial charge in [-0.2, -0.15) is 0 Å². The molecule has 1 aliphatic rings. The smallest absolute Gasteiger partial charge is 0.411 e. The van der Waals surface area contributed by atoms with Gasteiger partial charge in [-0.15, -0.1) is 0 Å². The number of carbonyl (C=O) groups excluding carboxylic acids is 3. The Morgan fingerprint density at radius 3 is 2.36 bits per heavy atom. The molecule has 0 bridgehead atoms. The lowest BCUT2D eigenvalue weighted by Gasteiger charge is -2.27. The van der Waals surface area contributed by atoms with Crippen LogP contribution in [0.2, 0.25) is 0 Å². The van der Waals surface area contributed by atoms with Gasteiger partial charge in [0.2, 0.25) is 0 Å². The fraction of sp³-hybridized carbons (Fsp3) is 0.240. The molecule has 3 aromatic carbocycles. The molecule has 0 radical (unpaired) electrons. The van der Waals surface area contributed by atoms with Crippen LogP contribution in [0.15, 0.2) is 59.5 Å². The maximum Gasteiger partial charge on any atom is 0.411 e. The van der Waals surface area contributed by atoms with Crippen molar-refractivity contribution in [3.8, 4) is 0 Å². The average molecular weight is 530 g/mol. The van der Waals surface area contributed by atoms with E-state index < -0.39 is 15.1 Å². The van der Waals surface area contributed by atoms with Gasteiger partial charge in [0, 0.05) is 57.0 Å². The van der Waals surface area contributed by atoms with Gasteiger partial charge >= 0.3 is 6.09 Å². The predicted molar refractivity (Wildman–Crippen MR) is 137 cm³/mol. The SMILES string of the molecule is CCCCN1C(=O)c2cccc3c(NCCOC(=O)Nc4ccc(S(=O)(=O)Cl)cc4)ccc(c23)C1=O. The van der Waals surface area contributed by atoms with Gasteiger partial charge < -0.3 is 10.1 Å². The van der Waals surface area contributed by atoms with Crippen LogP contribution in [0.4, 0.5) is 16.2 Å². The molecule has 0 atom stereocenters. The number of hydrogen-bond acceptors (Lipinski definition) is 7. The summed E-state index contributed by atoms with van der Waals surface area (Å²) in [7, 11) is 1.43. The quantitative estimate of drug-likeness (QED) is 0.231. The molecule has 0 aliphatic carbocycles. The zero-order valence-corrected chi connectivity index (χ0v) is 21.0. The molecule has 3 amide bonds. The van der Waals surface area contributed by atoms with Gasteiger partial charge in [0.15, 0.2) is 0 Å². The Labute approximate surface area is 212 Å². The number of nitrogens with zero attached hydrogens (tertiary/aromatic N) is 1. The summed E-state index contributed by atoms with van der Waals surface area (Å²) in [6, 6.07) is 14.2. The highest BCUT2D eigenvalue weighted by Gasteiger charge is 2.32. The number of nitrogens with one attached hydrogen (secondary N) is 2. The van der Waals surface area contributed by atoms with Crippen molar-refractivity contribution in [1.82, 2.24) is 4.90 Å². The van der Waals surface area contributed by atoms with Crippen LogP contribution in [-0.2, 0) is 13.8 Å². The van der Waals surface area contributed by atoms with E-state index in [9.17, 15) is 22.8 Å². The molecule has 11 heteroatoms. The highest BCUT2D eigenvalue weighted by Crippen LogP contribution is 2.34. The molecule has 1 aliphatic heterocycles. The summed E-state index contributed by atoms with van der Waals surface area (Å²) >= 11 is 0. The summed E-state index contributed by atoms with van der Waals surface area (Å²) in [5, 5.41) is 7.04. The minimum absolute atomic E-state index is 0.0333. The second-order valence-corrected chi connectivity index (χ2v) is 10.7. The van der Waals surface area contributed by atoms with E-state index in [4.69, 9.17) is 15.4 Å². The largest absolute Gasteiger partial charge is 0.447 e. The molecule has 2 N–H and O–H groups in total. The van der Waals surface area contributed by atoms with Crippen molar-refractivity contribution in [2.75, 3.05) is 30.3 Å². The maximum absolute atomic E-state index is 13.0. The Kier molecular flexibility index (Phi) is 7.46. The Morgan fingerprint density at radius 1 is 1.00 bits per heavy atom. The Balaban J connectivity index is 1.39. The number of hydrogen-bond donors (Lipinski definition) is 2. The number of rotatable bonds is 9. The van der Waals surface area contributed by atoms with Crippen LogP contribution in [-0.4, -0.2) is 50.9 Å². The number of anilines is 2. The number of amides is 3. The van der Waals surface area contributed by atoms with Crippen LogP contribution in [0.25, 0.3) is 10.8 Å². The van der Waals surface area contributed by atoms with Crippen LogP contribution < -0.4 is 10.6 Å². The first-order valence-electron chi connectivity index (χ1n) is 11.3. The second kappa shape index (κ2) is 10.5. The summed E-state index contributed by atoms with van der Waals surface area (Å²) in [6.07, 6.45) is 0.914. The third-order valence-electron chi connectivity index (χ3n) is 5.76. The number of halogens is 1. The Morgan fingerprint density at radius 2 is 1.69 bits per heavy atom. The van der Waals surface area contributed by atoms with Crippen molar-refractivity contribution in [2.45, 2.75) is 24.7 Å². The van der Waals surface area contributed by atoms with E-state index in [0.29, 0.717) is 34.4 Å². The maximum atomic E-state index is 13.0. The molecule has 0 spiro atoms. The Hall–Kier alpha value is -3.63. The molecule has 0 unspecified atom stereocenters. The number of benzene rings is 3. The lowest BCUT2D eigenvalue weighted by molar-refractivity contribution is 0.0608. The van der Waals surface area contributed by atoms with E-state index >= 15 is 0 Å². The third kappa shape index (κ3) is 5.29. The predicted octanol–water partition coefficient (Wildman–Crippen LogP) is 4.82. The highest BCUT2D eigenvalue weighted by atomic mass is 35.7.